The second-order valence-electron chi connectivity index (χ2n) is 5.94. The van der Waals surface area contributed by atoms with Crippen LogP contribution in [0.25, 0.3) is 16.5 Å². The molecule has 0 aliphatic rings. The van der Waals surface area contributed by atoms with E-state index in [-0.39, 0.29) is 11.4 Å². The van der Waals surface area contributed by atoms with Crippen LogP contribution < -0.4 is 15.0 Å². The molecule has 8 nitrogen and oxygen atoms in total. The molecule has 0 atom stereocenters. The van der Waals surface area contributed by atoms with Gasteiger partial charge in [0, 0.05) is 23.1 Å². The summed E-state index contributed by atoms with van der Waals surface area (Å²) >= 11 is 1.27. The maximum atomic E-state index is 13.2. The molecule has 0 radical (unpaired) electrons. The first-order chi connectivity index (χ1) is 14.1. The Balaban J connectivity index is 1.99. The molecule has 0 spiro atoms. The molecule has 0 aliphatic carbocycles. The number of benzene rings is 2. The molecule has 0 amide bonds. The monoisotopic (exact) mass is 408 g/mol. The van der Waals surface area contributed by atoms with Gasteiger partial charge in [0.05, 0.1) is 25.5 Å². The van der Waals surface area contributed by atoms with Crippen molar-refractivity contribution in [2.24, 2.45) is 4.99 Å². The fraction of sp³-hybridized carbons (Fsp3) is 0.100. The van der Waals surface area contributed by atoms with Crippen LogP contribution in [0.3, 0.4) is 0 Å². The van der Waals surface area contributed by atoms with Gasteiger partial charge in [0.2, 0.25) is 11.0 Å². The van der Waals surface area contributed by atoms with Gasteiger partial charge in [-0.05, 0) is 18.2 Å². The molecule has 146 valence electrons. The zero-order chi connectivity index (χ0) is 20.4. The number of fused-ring (bicyclic) bond motifs is 1. The topological polar surface area (TPSA) is 98.8 Å². The zero-order valence-corrected chi connectivity index (χ0v) is 16.4. The number of aromatic nitrogens is 3. The van der Waals surface area contributed by atoms with Crippen LogP contribution in [0.15, 0.2) is 57.8 Å². The Labute approximate surface area is 169 Å². The van der Waals surface area contributed by atoms with E-state index in [0.29, 0.717) is 38.7 Å². The largest absolute Gasteiger partial charge is 0.494 e. The Morgan fingerprint density at radius 3 is 2.55 bits per heavy atom. The fourth-order valence-corrected chi connectivity index (χ4v) is 3.43. The molecule has 0 aliphatic heterocycles. The highest BCUT2D eigenvalue weighted by atomic mass is 32.1. The minimum absolute atomic E-state index is 0.241. The first-order valence-electron chi connectivity index (χ1n) is 8.53. The van der Waals surface area contributed by atoms with Crippen LogP contribution in [0.4, 0.5) is 5.13 Å². The van der Waals surface area contributed by atoms with Crippen LogP contribution in [0.5, 0.6) is 17.4 Å². The predicted molar refractivity (Wildman–Crippen MR) is 111 cm³/mol. The maximum absolute atomic E-state index is 13.2. The molecular weight excluding hydrogens is 392 g/mol. The van der Waals surface area contributed by atoms with E-state index in [0.717, 1.165) is 0 Å². The van der Waals surface area contributed by atoms with E-state index in [1.165, 1.54) is 36.3 Å². The summed E-state index contributed by atoms with van der Waals surface area (Å²) in [7, 11) is 3.03. The number of rotatable bonds is 5. The molecule has 9 heteroatoms. The number of pyridine rings is 1. The van der Waals surface area contributed by atoms with Crippen molar-refractivity contribution in [2.75, 3.05) is 14.2 Å². The SMILES string of the molecule is COc1ccc(-n2c(O)c(/C=N/c3nncs3)c3ccccc3c2=O)cc1OC. The number of hydrogen-bond donors (Lipinski definition) is 1. The fourth-order valence-electron chi connectivity index (χ4n) is 3.04. The summed E-state index contributed by atoms with van der Waals surface area (Å²) in [5, 5.41) is 20.1. The molecule has 0 fully saturated rings. The van der Waals surface area contributed by atoms with Crippen molar-refractivity contribution in [3.05, 3.63) is 63.9 Å². The van der Waals surface area contributed by atoms with Gasteiger partial charge in [0.25, 0.3) is 5.56 Å². The minimum atomic E-state index is -0.363. The molecule has 29 heavy (non-hydrogen) atoms. The van der Waals surface area contributed by atoms with Gasteiger partial charge in [-0.3, -0.25) is 4.79 Å². The van der Waals surface area contributed by atoms with E-state index in [9.17, 15) is 9.90 Å². The lowest BCUT2D eigenvalue weighted by Gasteiger charge is -2.15. The molecule has 2 aromatic heterocycles. The van der Waals surface area contributed by atoms with Crippen LogP contribution in [0.2, 0.25) is 0 Å². The summed E-state index contributed by atoms with van der Waals surface area (Å²) in [4.78, 5) is 17.4. The number of methoxy groups -OCH3 is 2. The van der Waals surface area contributed by atoms with Crippen molar-refractivity contribution in [2.45, 2.75) is 0 Å². The molecule has 1 N–H and O–H groups in total. The standard InChI is InChI=1S/C20H16N4O4S/c1-27-16-8-7-12(9-17(16)28-2)24-18(25)14-6-4-3-5-13(14)15(19(24)26)10-21-20-23-22-11-29-20/h3-11,26H,1-2H3/b21-10+. The normalized spacial score (nSPS) is 11.2. The number of aromatic hydroxyl groups is 1. The van der Waals surface area contributed by atoms with Crippen LogP contribution in [0.1, 0.15) is 5.56 Å². The molecule has 0 saturated heterocycles. The van der Waals surface area contributed by atoms with Crippen molar-refractivity contribution >= 4 is 33.5 Å². The molecule has 0 bridgehead atoms. The number of hydrogen-bond acceptors (Lipinski definition) is 8. The average molecular weight is 408 g/mol. The quantitative estimate of drug-likeness (QED) is 0.509. The predicted octanol–water partition coefficient (Wildman–Crippen LogP) is 3.32. The van der Waals surface area contributed by atoms with Crippen molar-refractivity contribution in [1.82, 2.24) is 14.8 Å². The zero-order valence-electron chi connectivity index (χ0n) is 15.6. The van der Waals surface area contributed by atoms with Crippen LogP contribution in [-0.4, -0.2) is 40.3 Å². The summed E-state index contributed by atoms with van der Waals surface area (Å²) in [6.45, 7) is 0. The van der Waals surface area contributed by atoms with Gasteiger partial charge in [0.15, 0.2) is 11.5 Å². The van der Waals surface area contributed by atoms with Crippen molar-refractivity contribution in [3.63, 3.8) is 0 Å². The van der Waals surface area contributed by atoms with Gasteiger partial charge in [0.1, 0.15) is 5.51 Å². The third kappa shape index (κ3) is 3.32. The van der Waals surface area contributed by atoms with E-state index in [1.54, 1.807) is 48.0 Å². The highest BCUT2D eigenvalue weighted by molar-refractivity contribution is 7.13. The Kier molecular flexibility index (Phi) is 4.96. The molecule has 4 aromatic rings. The Morgan fingerprint density at radius 1 is 1.10 bits per heavy atom. The summed E-state index contributed by atoms with van der Waals surface area (Å²) in [6.07, 6.45) is 1.48. The van der Waals surface area contributed by atoms with E-state index in [4.69, 9.17) is 9.47 Å². The lowest BCUT2D eigenvalue weighted by Crippen LogP contribution is -2.20. The van der Waals surface area contributed by atoms with Crippen molar-refractivity contribution in [3.8, 4) is 23.1 Å². The van der Waals surface area contributed by atoms with Crippen molar-refractivity contribution < 1.29 is 14.6 Å². The first-order valence-corrected chi connectivity index (χ1v) is 9.41. The van der Waals surface area contributed by atoms with E-state index in [2.05, 4.69) is 15.2 Å². The van der Waals surface area contributed by atoms with Crippen molar-refractivity contribution in [1.29, 1.82) is 0 Å². The van der Waals surface area contributed by atoms with E-state index < -0.39 is 0 Å². The smallest absolute Gasteiger partial charge is 0.265 e. The summed E-state index contributed by atoms with van der Waals surface area (Å²) in [6, 6.07) is 12.0. The lowest BCUT2D eigenvalue weighted by molar-refractivity contribution is 0.354. The van der Waals surface area contributed by atoms with Crippen LogP contribution in [-0.2, 0) is 0 Å². The molecule has 2 aromatic carbocycles. The summed E-state index contributed by atoms with van der Waals surface area (Å²) < 4.78 is 11.8. The van der Waals surface area contributed by atoms with Gasteiger partial charge < -0.3 is 14.6 Å². The Bertz CT molecular complexity index is 1270. The first kappa shape index (κ1) is 18.6. The summed E-state index contributed by atoms with van der Waals surface area (Å²) in [5.74, 6) is 0.713. The Hall–Kier alpha value is -3.72. The number of ether oxygens (including phenoxy) is 2. The number of aliphatic imine (C=N–C) groups is 1. The van der Waals surface area contributed by atoms with Gasteiger partial charge in [-0.25, -0.2) is 9.56 Å². The molecule has 0 unspecified atom stereocenters. The maximum Gasteiger partial charge on any atom is 0.265 e. The number of nitrogens with zero attached hydrogens (tertiary/aromatic N) is 4. The third-order valence-corrected chi connectivity index (χ3v) is 4.98. The van der Waals surface area contributed by atoms with Crippen LogP contribution in [0, 0.1) is 0 Å². The van der Waals surface area contributed by atoms with E-state index in [1.807, 2.05) is 0 Å². The summed E-state index contributed by atoms with van der Waals surface area (Å²) in [5.41, 5.74) is 2.03. The highest BCUT2D eigenvalue weighted by Gasteiger charge is 2.17. The molecule has 2 heterocycles. The van der Waals surface area contributed by atoms with Gasteiger partial charge in [-0.1, -0.05) is 29.5 Å². The molecular formula is C20H16N4O4S. The third-order valence-electron chi connectivity index (χ3n) is 4.38. The van der Waals surface area contributed by atoms with Gasteiger partial charge in [-0.2, -0.15) is 0 Å². The average Bonchev–Trinajstić information content (AvgIpc) is 3.27. The molecule has 4 rings (SSSR count). The molecule has 0 saturated carbocycles. The Morgan fingerprint density at radius 2 is 1.86 bits per heavy atom. The van der Waals surface area contributed by atoms with Crippen LogP contribution >= 0.6 is 11.3 Å². The minimum Gasteiger partial charge on any atom is -0.494 e. The highest BCUT2D eigenvalue weighted by Crippen LogP contribution is 2.32. The van der Waals surface area contributed by atoms with E-state index >= 15 is 0 Å². The second kappa shape index (κ2) is 7.72. The van der Waals surface area contributed by atoms with Gasteiger partial charge >= 0.3 is 0 Å². The lowest BCUT2D eigenvalue weighted by atomic mass is 10.1. The second-order valence-corrected chi connectivity index (χ2v) is 6.75. The van der Waals surface area contributed by atoms with Gasteiger partial charge in [-0.15, -0.1) is 10.2 Å².